The number of aliphatic hydroxyl groups is 1. The van der Waals surface area contributed by atoms with Gasteiger partial charge in [0.2, 0.25) is 5.91 Å². The van der Waals surface area contributed by atoms with Gasteiger partial charge in [-0.1, -0.05) is 55.1 Å². The molecule has 1 saturated heterocycles. The molecule has 4 rings (SSSR count). The molecule has 196 valence electrons. The van der Waals surface area contributed by atoms with Crippen LogP contribution in [0.25, 0.3) is 0 Å². The van der Waals surface area contributed by atoms with Crippen LogP contribution < -0.4 is 5.32 Å². The summed E-state index contributed by atoms with van der Waals surface area (Å²) in [6.07, 6.45) is 2.24. The van der Waals surface area contributed by atoms with Gasteiger partial charge in [-0.05, 0) is 23.3 Å². The minimum Gasteiger partial charge on any atom is -0.481 e. The highest BCUT2D eigenvalue weighted by atomic mass is 32.2. The molecule has 37 heavy (non-hydrogen) atoms. The van der Waals surface area contributed by atoms with Crippen LogP contribution in [0.1, 0.15) is 48.8 Å². The highest BCUT2D eigenvalue weighted by molar-refractivity contribution is 7.99. The molecule has 3 aromatic rings. The Hall–Kier alpha value is -3.18. The Labute approximate surface area is 219 Å². The molecule has 1 aromatic heterocycles. The molecule has 0 spiro atoms. The Balaban J connectivity index is 1.55. The second kappa shape index (κ2) is 12.4. The van der Waals surface area contributed by atoms with Gasteiger partial charge in [0.1, 0.15) is 0 Å². The van der Waals surface area contributed by atoms with E-state index in [4.69, 9.17) is 14.6 Å². The van der Waals surface area contributed by atoms with Gasteiger partial charge in [-0.15, -0.1) is 0 Å². The number of nitrogens with one attached hydrogen (secondary N) is 1. The van der Waals surface area contributed by atoms with Gasteiger partial charge < -0.3 is 29.6 Å². The van der Waals surface area contributed by atoms with Crippen molar-refractivity contribution < 1.29 is 29.3 Å². The Morgan fingerprint density at radius 2 is 1.89 bits per heavy atom. The molecule has 0 bridgehead atoms. The van der Waals surface area contributed by atoms with Gasteiger partial charge in [0, 0.05) is 48.8 Å². The lowest BCUT2D eigenvalue weighted by Crippen LogP contribution is -2.38. The number of carbonyl (C=O) groups excluding carboxylic acids is 1. The number of thioether (sulfide) groups is 1. The third-order valence-corrected chi connectivity index (χ3v) is 7.43. The number of aromatic nitrogens is 2. The van der Waals surface area contributed by atoms with Crippen LogP contribution in [0.3, 0.4) is 0 Å². The number of carboxylic acid groups (broad SMARTS) is 1. The van der Waals surface area contributed by atoms with Gasteiger partial charge in [0.05, 0.1) is 25.2 Å². The number of imidazole rings is 1. The lowest BCUT2D eigenvalue weighted by molar-refractivity contribution is -0.268. The number of carboxylic acids is 1. The number of aliphatic carboxylic acids is 1. The maximum absolute atomic E-state index is 12.1. The van der Waals surface area contributed by atoms with E-state index in [-0.39, 0.29) is 43.5 Å². The molecule has 1 fully saturated rings. The quantitative estimate of drug-likeness (QED) is 0.335. The van der Waals surface area contributed by atoms with Crippen LogP contribution in [-0.2, 0) is 32.7 Å². The third-order valence-electron chi connectivity index (χ3n) is 6.29. The first-order valence-corrected chi connectivity index (χ1v) is 13.0. The van der Waals surface area contributed by atoms with Crippen LogP contribution in [0.4, 0.5) is 5.69 Å². The minimum atomic E-state index is -1.02. The highest BCUT2D eigenvalue weighted by Gasteiger charge is 2.38. The van der Waals surface area contributed by atoms with Gasteiger partial charge in [-0.3, -0.25) is 9.59 Å². The summed E-state index contributed by atoms with van der Waals surface area (Å²) in [6.45, 7) is 2.07. The van der Waals surface area contributed by atoms with E-state index < -0.39 is 12.3 Å². The molecular formula is C27H31N3O6S. The number of hydrogen-bond acceptors (Lipinski definition) is 7. The van der Waals surface area contributed by atoms with Gasteiger partial charge in [0.25, 0.3) is 0 Å². The van der Waals surface area contributed by atoms with E-state index >= 15 is 0 Å². The number of ether oxygens (including phenoxy) is 2. The summed E-state index contributed by atoms with van der Waals surface area (Å²) in [5.41, 5.74) is 3.10. The lowest BCUT2D eigenvalue weighted by Gasteiger charge is -2.41. The summed E-state index contributed by atoms with van der Waals surface area (Å²) in [5.74, 6) is -0.690. The van der Waals surface area contributed by atoms with E-state index in [9.17, 15) is 14.7 Å². The molecule has 2 aromatic carbocycles. The van der Waals surface area contributed by atoms with E-state index in [0.29, 0.717) is 11.4 Å². The number of aryl methyl sites for hydroxylation is 1. The smallest absolute Gasteiger partial charge is 0.303 e. The molecule has 4 atom stereocenters. The molecule has 0 aliphatic carbocycles. The van der Waals surface area contributed by atoms with Crippen molar-refractivity contribution in [2.24, 2.45) is 13.0 Å². The van der Waals surface area contributed by atoms with E-state index in [1.807, 2.05) is 48.1 Å². The Bertz CT molecular complexity index is 1210. The fraction of sp³-hybridized carbons (Fsp3) is 0.370. The third kappa shape index (κ3) is 6.98. The molecular weight excluding hydrogens is 494 g/mol. The van der Waals surface area contributed by atoms with Crippen LogP contribution >= 0.6 is 11.8 Å². The Kier molecular flexibility index (Phi) is 8.99. The topological polar surface area (TPSA) is 123 Å². The molecule has 9 nitrogen and oxygen atoms in total. The van der Waals surface area contributed by atoms with Crippen molar-refractivity contribution in [1.82, 2.24) is 9.55 Å². The molecule has 10 heteroatoms. The van der Waals surface area contributed by atoms with E-state index in [1.165, 1.54) is 0 Å². The summed E-state index contributed by atoms with van der Waals surface area (Å²) in [5, 5.41) is 21.9. The van der Waals surface area contributed by atoms with E-state index in [1.54, 1.807) is 36.2 Å². The minimum absolute atomic E-state index is 0.0268. The average molecular weight is 526 g/mol. The van der Waals surface area contributed by atoms with Crippen LogP contribution in [0, 0.1) is 5.92 Å². The molecule has 1 aliphatic rings. The Morgan fingerprint density at radius 1 is 1.11 bits per heavy atom. The number of anilines is 1. The van der Waals surface area contributed by atoms with Crippen LogP contribution in [0.15, 0.2) is 66.1 Å². The van der Waals surface area contributed by atoms with Crippen molar-refractivity contribution >= 4 is 29.3 Å². The first kappa shape index (κ1) is 26.9. The molecule has 0 saturated carbocycles. The summed E-state index contributed by atoms with van der Waals surface area (Å²) in [4.78, 5) is 27.3. The van der Waals surface area contributed by atoms with E-state index in [0.717, 1.165) is 21.8 Å². The van der Waals surface area contributed by atoms with Gasteiger partial charge >= 0.3 is 5.97 Å². The van der Waals surface area contributed by atoms with Crippen molar-refractivity contribution in [3.8, 4) is 0 Å². The van der Waals surface area contributed by atoms with Crippen molar-refractivity contribution in [3.63, 3.8) is 0 Å². The molecule has 4 unspecified atom stereocenters. The number of benzene rings is 2. The fourth-order valence-electron chi connectivity index (χ4n) is 4.16. The second-order valence-electron chi connectivity index (χ2n) is 9.02. The standard InChI is InChI=1S/C27H31N3O6S/c1-17-22(16-37-27-28-12-13-30(27)2)35-26(36-25(17)19-8-6-18(15-31)7-9-19)20-4-3-5-21(14-20)29-23(32)10-11-24(33)34/h3-9,12-14,17,22,25-26,31H,10-11,15-16H2,1-2H3,(H,29,32)(H,33,34). The molecule has 2 heterocycles. The normalized spacial score (nSPS) is 21.5. The largest absolute Gasteiger partial charge is 0.481 e. The van der Waals surface area contributed by atoms with Crippen LogP contribution in [0.2, 0.25) is 0 Å². The van der Waals surface area contributed by atoms with Crippen molar-refractivity contribution in [1.29, 1.82) is 0 Å². The number of carbonyl (C=O) groups is 2. The molecule has 1 amide bonds. The zero-order valence-corrected chi connectivity index (χ0v) is 21.6. The molecule has 0 radical (unpaired) electrons. The molecule has 1 aliphatic heterocycles. The predicted octanol–water partition coefficient (Wildman–Crippen LogP) is 4.30. The number of hydrogen-bond donors (Lipinski definition) is 3. The molecule has 3 N–H and O–H groups in total. The highest BCUT2D eigenvalue weighted by Crippen LogP contribution is 2.43. The number of nitrogens with zero attached hydrogens (tertiary/aromatic N) is 2. The first-order chi connectivity index (χ1) is 17.8. The number of aliphatic hydroxyl groups excluding tert-OH is 1. The van der Waals surface area contributed by atoms with Crippen LogP contribution in [0.5, 0.6) is 0 Å². The zero-order valence-electron chi connectivity index (χ0n) is 20.7. The first-order valence-electron chi connectivity index (χ1n) is 12.1. The van der Waals surface area contributed by atoms with Crippen LogP contribution in [-0.4, -0.2) is 43.5 Å². The van der Waals surface area contributed by atoms with Crippen molar-refractivity contribution in [2.45, 2.75) is 50.0 Å². The van der Waals surface area contributed by atoms with Crippen molar-refractivity contribution in [2.75, 3.05) is 11.1 Å². The van der Waals surface area contributed by atoms with Gasteiger partial charge in [-0.2, -0.15) is 0 Å². The average Bonchev–Trinajstić information content (AvgIpc) is 3.31. The predicted molar refractivity (Wildman–Crippen MR) is 139 cm³/mol. The summed E-state index contributed by atoms with van der Waals surface area (Å²) < 4.78 is 14.9. The summed E-state index contributed by atoms with van der Waals surface area (Å²) in [6, 6.07) is 14.9. The summed E-state index contributed by atoms with van der Waals surface area (Å²) in [7, 11) is 1.95. The maximum atomic E-state index is 12.1. The summed E-state index contributed by atoms with van der Waals surface area (Å²) >= 11 is 1.62. The number of rotatable bonds is 10. The van der Waals surface area contributed by atoms with E-state index in [2.05, 4.69) is 17.2 Å². The zero-order chi connectivity index (χ0) is 26.4. The lowest BCUT2D eigenvalue weighted by atomic mass is 9.91. The Morgan fingerprint density at radius 3 is 2.57 bits per heavy atom. The van der Waals surface area contributed by atoms with Gasteiger partial charge in [-0.25, -0.2) is 4.98 Å². The monoisotopic (exact) mass is 525 g/mol. The van der Waals surface area contributed by atoms with Crippen molar-refractivity contribution in [3.05, 3.63) is 77.6 Å². The maximum Gasteiger partial charge on any atom is 0.303 e. The number of amides is 1. The second-order valence-corrected chi connectivity index (χ2v) is 10.0. The fourth-order valence-corrected chi connectivity index (χ4v) is 5.26. The van der Waals surface area contributed by atoms with Gasteiger partial charge in [0.15, 0.2) is 11.4 Å². The SMILES string of the molecule is CC1C(CSc2nccn2C)OC(c2cccc(NC(=O)CCC(=O)O)c2)OC1c1ccc(CO)cc1.